The highest BCUT2D eigenvalue weighted by Crippen LogP contribution is 2.57. The molecule has 3 fully saturated rings. The molecule has 14 heteroatoms. The summed E-state index contributed by atoms with van der Waals surface area (Å²) >= 11 is 3.43. The van der Waals surface area contributed by atoms with E-state index in [0.717, 1.165) is 42.9 Å². The van der Waals surface area contributed by atoms with E-state index in [1.807, 2.05) is 23.9 Å². The molecule has 0 radical (unpaired) electrons. The van der Waals surface area contributed by atoms with Crippen molar-refractivity contribution in [3.63, 3.8) is 0 Å². The Balaban J connectivity index is 1.17. The molecule has 3 aromatic rings. The highest BCUT2D eigenvalue weighted by atomic mass is 32.2. The second-order valence-corrected chi connectivity index (χ2v) is 14.7. The van der Waals surface area contributed by atoms with E-state index in [9.17, 15) is 5.26 Å². The van der Waals surface area contributed by atoms with Gasteiger partial charge in [-0.05, 0) is 39.8 Å². The number of thioether (sulfide) groups is 1. The molecule has 4 N–H and O–H groups in total. The van der Waals surface area contributed by atoms with E-state index in [4.69, 9.17) is 31.2 Å². The number of nitriles is 1. The average Bonchev–Trinajstić information content (AvgIpc) is 3.67. The number of aromatic nitrogens is 4. The fourth-order valence-electron chi connectivity index (χ4n) is 7.30. The number of nitrogen functional groups attached to an aromatic ring is 2. The second-order valence-electron chi connectivity index (χ2n) is 12.2. The normalized spacial score (nSPS) is 23.2. The maximum atomic E-state index is 9.85. The van der Waals surface area contributed by atoms with Crippen molar-refractivity contribution in [2.24, 2.45) is 0 Å². The molecule has 12 nitrogen and oxygen atoms in total. The summed E-state index contributed by atoms with van der Waals surface area (Å²) in [7, 11) is 2.20. The number of piperazine rings is 1. The largest absolute Gasteiger partial charge is 0.462 e. The van der Waals surface area contributed by atoms with Crippen LogP contribution in [0.15, 0.2) is 18.3 Å². The minimum atomic E-state index is -0.176. The molecule has 2 unspecified atom stereocenters. The third-order valence-electron chi connectivity index (χ3n) is 9.65. The minimum Gasteiger partial charge on any atom is -0.462 e. The molecule has 3 atom stereocenters. The lowest BCUT2D eigenvalue weighted by Crippen LogP contribution is -2.57. The fourth-order valence-corrected chi connectivity index (χ4v) is 10.1. The van der Waals surface area contributed by atoms with Gasteiger partial charge in [-0.25, -0.2) is 4.98 Å². The van der Waals surface area contributed by atoms with Crippen LogP contribution in [0.1, 0.15) is 54.3 Å². The number of hydrogen-bond donors (Lipinski definition) is 2. The van der Waals surface area contributed by atoms with Gasteiger partial charge < -0.3 is 30.9 Å². The van der Waals surface area contributed by atoms with E-state index >= 15 is 0 Å². The van der Waals surface area contributed by atoms with Gasteiger partial charge >= 0.3 is 6.01 Å². The zero-order valence-electron chi connectivity index (χ0n) is 25.4. The Labute approximate surface area is 266 Å². The van der Waals surface area contributed by atoms with Gasteiger partial charge in [-0.1, -0.05) is 6.07 Å². The van der Waals surface area contributed by atoms with Crippen molar-refractivity contribution in [3.8, 4) is 12.1 Å². The van der Waals surface area contributed by atoms with Gasteiger partial charge in [-0.3, -0.25) is 4.90 Å². The van der Waals surface area contributed by atoms with E-state index in [1.54, 1.807) is 17.5 Å². The van der Waals surface area contributed by atoms with Crippen LogP contribution in [0, 0.1) is 11.3 Å². The van der Waals surface area contributed by atoms with E-state index < -0.39 is 0 Å². The molecule has 7 rings (SSSR count). The summed E-state index contributed by atoms with van der Waals surface area (Å²) in [4.78, 5) is 29.5. The van der Waals surface area contributed by atoms with E-state index in [1.165, 1.54) is 11.3 Å². The average molecular weight is 634 g/mol. The van der Waals surface area contributed by atoms with Gasteiger partial charge in [0.1, 0.15) is 23.5 Å². The first-order valence-electron chi connectivity index (χ1n) is 15.3. The molecule has 0 aromatic carbocycles. The third-order valence-corrected chi connectivity index (χ3v) is 12.3. The number of pyridine rings is 1. The Bertz CT molecular complexity index is 1590. The molecule has 44 heavy (non-hydrogen) atoms. The van der Waals surface area contributed by atoms with Gasteiger partial charge in [0.2, 0.25) is 11.9 Å². The first-order chi connectivity index (χ1) is 21.3. The van der Waals surface area contributed by atoms with Crippen LogP contribution >= 0.6 is 23.1 Å². The van der Waals surface area contributed by atoms with E-state index in [0.29, 0.717) is 72.6 Å². The van der Waals surface area contributed by atoms with Crippen molar-refractivity contribution in [1.82, 2.24) is 29.7 Å². The first kappa shape index (κ1) is 29.3. The van der Waals surface area contributed by atoms with Crippen LogP contribution in [0.5, 0.6) is 6.01 Å². The maximum Gasteiger partial charge on any atom is 0.323 e. The quantitative estimate of drug-likeness (QED) is 0.374. The predicted molar refractivity (Wildman–Crippen MR) is 175 cm³/mol. The van der Waals surface area contributed by atoms with Gasteiger partial charge in [0.15, 0.2) is 0 Å². The number of ether oxygens (including phenoxy) is 1. The predicted octanol–water partition coefficient (Wildman–Crippen LogP) is 3.07. The van der Waals surface area contributed by atoms with Gasteiger partial charge in [0, 0.05) is 79.3 Å². The van der Waals surface area contributed by atoms with Gasteiger partial charge in [-0.15, -0.1) is 23.1 Å². The third kappa shape index (κ3) is 4.99. The Hall–Kier alpha value is -3.38. The highest BCUT2D eigenvalue weighted by molar-refractivity contribution is 8.00. The molecule has 0 amide bonds. The van der Waals surface area contributed by atoms with Crippen molar-refractivity contribution in [1.29, 1.82) is 5.26 Å². The zero-order valence-corrected chi connectivity index (χ0v) is 27.1. The second kappa shape index (κ2) is 11.5. The maximum absolute atomic E-state index is 9.85. The SMILES string of the molecule is CCN(c1nc(OCC2CCC3CN(C)CCN23)nc(N2CC3(C2)SCc2sc(N)c(C#N)c23)n1)[C@H](C)c1cccnc1N. The summed E-state index contributed by atoms with van der Waals surface area (Å²) in [6.07, 6.45) is 4.00. The molecule has 4 aliphatic heterocycles. The monoisotopic (exact) mass is 633 g/mol. The number of nitrogens with two attached hydrogens (primary N) is 2. The van der Waals surface area contributed by atoms with Crippen LogP contribution in [-0.2, 0) is 10.5 Å². The summed E-state index contributed by atoms with van der Waals surface area (Å²) in [6, 6.07) is 7.41. The lowest BCUT2D eigenvalue weighted by atomic mass is 9.88. The Morgan fingerprint density at radius 1 is 1.23 bits per heavy atom. The Kier molecular flexibility index (Phi) is 7.68. The lowest BCUT2D eigenvalue weighted by molar-refractivity contribution is 0.0715. The molecule has 0 bridgehead atoms. The molecule has 4 aliphatic rings. The molecule has 0 saturated carbocycles. The minimum absolute atomic E-state index is 0.111. The first-order valence-corrected chi connectivity index (χ1v) is 17.1. The van der Waals surface area contributed by atoms with Crippen molar-refractivity contribution in [3.05, 3.63) is 39.9 Å². The van der Waals surface area contributed by atoms with Crippen molar-refractivity contribution >= 4 is 45.8 Å². The van der Waals surface area contributed by atoms with Crippen LogP contribution in [0.4, 0.5) is 22.7 Å². The lowest BCUT2D eigenvalue weighted by Gasteiger charge is -2.47. The molecular formula is C30H39N11OS2. The molecule has 1 spiro atoms. The number of thiophene rings is 1. The van der Waals surface area contributed by atoms with Crippen LogP contribution in [0.2, 0.25) is 0 Å². The zero-order chi connectivity index (χ0) is 30.6. The van der Waals surface area contributed by atoms with Crippen molar-refractivity contribution in [2.45, 2.75) is 55.3 Å². The van der Waals surface area contributed by atoms with Gasteiger partial charge in [0.25, 0.3) is 0 Å². The molecule has 0 aliphatic carbocycles. The van der Waals surface area contributed by atoms with Crippen molar-refractivity contribution < 1.29 is 4.74 Å². The van der Waals surface area contributed by atoms with Gasteiger partial charge in [-0.2, -0.15) is 20.2 Å². The summed E-state index contributed by atoms with van der Waals surface area (Å²) in [5.41, 5.74) is 15.1. The molecule has 232 valence electrons. The number of nitrogens with zero attached hydrogens (tertiary/aromatic N) is 9. The Morgan fingerprint density at radius 3 is 2.84 bits per heavy atom. The number of likely N-dealkylation sites (N-methyl/N-ethyl adjacent to an activating group) is 1. The molecule has 7 heterocycles. The van der Waals surface area contributed by atoms with Crippen molar-refractivity contribution in [2.75, 3.05) is 74.2 Å². The number of fused-ring (bicyclic) bond motifs is 3. The summed E-state index contributed by atoms with van der Waals surface area (Å²) in [5, 5.41) is 10.5. The smallest absolute Gasteiger partial charge is 0.323 e. The van der Waals surface area contributed by atoms with Crippen LogP contribution < -0.4 is 26.0 Å². The fraction of sp³-hybridized carbons (Fsp3) is 0.567. The van der Waals surface area contributed by atoms with Gasteiger partial charge in [0.05, 0.1) is 16.4 Å². The summed E-state index contributed by atoms with van der Waals surface area (Å²) in [6.45, 7) is 10.0. The topological polar surface area (TPSA) is 150 Å². The van der Waals surface area contributed by atoms with Crippen LogP contribution in [-0.4, -0.2) is 94.7 Å². The highest BCUT2D eigenvalue weighted by Gasteiger charge is 2.53. The number of hydrogen-bond acceptors (Lipinski definition) is 14. The van der Waals surface area contributed by atoms with Crippen LogP contribution in [0.25, 0.3) is 0 Å². The number of anilines is 4. The molecule has 3 saturated heterocycles. The standard InChI is InChI=1S/C30H39N11OS2/c1-4-40(18(2)21-6-5-9-34-25(21)32)28-35-27(39-16-30(17-39)24-22(12-31)26(33)44-23(24)15-43-30)36-29(37-28)42-14-20-8-7-19-13-38(3)10-11-41(19)20/h5-6,9,18-20H,4,7-8,10-11,13-17,33H2,1-3H3,(H2,32,34)/t18-,19?,20?/m1/s1. The summed E-state index contributed by atoms with van der Waals surface area (Å²) in [5.74, 6) is 2.50. The van der Waals surface area contributed by atoms with Crippen LogP contribution in [0.3, 0.4) is 0 Å². The van der Waals surface area contributed by atoms with E-state index in [2.05, 4.69) is 51.5 Å². The molecule has 3 aromatic heterocycles. The summed E-state index contributed by atoms with van der Waals surface area (Å²) < 4.78 is 6.24. The Morgan fingerprint density at radius 2 is 2.07 bits per heavy atom. The van der Waals surface area contributed by atoms with E-state index in [-0.39, 0.29) is 10.8 Å². The molecular weight excluding hydrogens is 595 g/mol. The number of rotatable bonds is 8.